The van der Waals surface area contributed by atoms with Crippen molar-refractivity contribution in [1.29, 1.82) is 0 Å². The number of aromatic nitrogens is 2. The molecule has 0 bridgehead atoms. The van der Waals surface area contributed by atoms with Gasteiger partial charge in [0.25, 0.3) is 0 Å². The van der Waals surface area contributed by atoms with Gasteiger partial charge in [0.15, 0.2) is 0 Å². The first-order chi connectivity index (χ1) is 9.56. The number of imidazole rings is 1. The van der Waals surface area contributed by atoms with E-state index in [0.29, 0.717) is 5.92 Å². The number of nitrogens with zero attached hydrogens (tertiary/aromatic N) is 2. The Morgan fingerprint density at radius 3 is 2.45 bits per heavy atom. The highest BCUT2D eigenvalue weighted by molar-refractivity contribution is 5.44. The van der Waals surface area contributed by atoms with Crippen molar-refractivity contribution in [3.63, 3.8) is 0 Å². The van der Waals surface area contributed by atoms with Crippen LogP contribution in [-0.4, -0.2) is 22.2 Å². The van der Waals surface area contributed by atoms with Crippen LogP contribution in [0.2, 0.25) is 0 Å². The smallest absolute Gasteiger partial charge is 0.207 e. The van der Waals surface area contributed by atoms with Crippen LogP contribution in [0, 0.1) is 5.92 Å². The fourth-order valence-electron chi connectivity index (χ4n) is 1.90. The van der Waals surface area contributed by atoms with Crippen LogP contribution in [-0.2, 0) is 0 Å². The summed E-state index contributed by atoms with van der Waals surface area (Å²) in [5.74, 6) is 2.35. The average molecular weight is 273 g/mol. The van der Waals surface area contributed by atoms with Crippen molar-refractivity contribution in [1.82, 2.24) is 9.55 Å². The van der Waals surface area contributed by atoms with E-state index in [-0.39, 0.29) is 6.10 Å². The highest BCUT2D eigenvalue weighted by Crippen LogP contribution is 2.19. The summed E-state index contributed by atoms with van der Waals surface area (Å²) in [6.45, 7) is 9.32. The summed E-state index contributed by atoms with van der Waals surface area (Å²) in [5.41, 5.74) is 1.07. The fourth-order valence-corrected chi connectivity index (χ4v) is 1.90. The van der Waals surface area contributed by atoms with E-state index in [4.69, 9.17) is 4.74 Å². The van der Waals surface area contributed by atoms with E-state index in [0.717, 1.165) is 23.9 Å². The van der Waals surface area contributed by atoms with Gasteiger partial charge in [-0.3, -0.25) is 4.57 Å². The Morgan fingerprint density at radius 1 is 1.15 bits per heavy atom. The Morgan fingerprint density at radius 2 is 1.85 bits per heavy atom. The molecule has 1 N–H and O–H groups in total. The third-order valence-corrected chi connectivity index (χ3v) is 2.80. The Kier molecular flexibility index (Phi) is 4.66. The maximum absolute atomic E-state index is 5.66. The molecule has 20 heavy (non-hydrogen) atoms. The number of rotatable bonds is 6. The first-order valence-corrected chi connectivity index (χ1v) is 7.10. The van der Waals surface area contributed by atoms with Crippen molar-refractivity contribution >= 4 is 5.95 Å². The summed E-state index contributed by atoms with van der Waals surface area (Å²) < 4.78 is 7.70. The molecule has 4 heteroatoms. The van der Waals surface area contributed by atoms with E-state index < -0.39 is 0 Å². The molecule has 0 aliphatic rings. The van der Waals surface area contributed by atoms with Crippen LogP contribution >= 0.6 is 0 Å². The third kappa shape index (κ3) is 3.76. The first-order valence-electron chi connectivity index (χ1n) is 7.10. The molecule has 0 unspecified atom stereocenters. The minimum Gasteiger partial charge on any atom is -0.491 e. The Bertz CT molecular complexity index is 529. The van der Waals surface area contributed by atoms with Crippen molar-refractivity contribution in [3.8, 4) is 11.4 Å². The highest BCUT2D eigenvalue weighted by Gasteiger charge is 2.06. The molecule has 0 fully saturated rings. The molecule has 0 saturated carbocycles. The quantitative estimate of drug-likeness (QED) is 0.871. The largest absolute Gasteiger partial charge is 0.491 e. The predicted octanol–water partition coefficient (Wildman–Crippen LogP) is 3.73. The Balaban J connectivity index is 2.13. The maximum Gasteiger partial charge on any atom is 0.207 e. The van der Waals surface area contributed by atoms with Gasteiger partial charge in [0, 0.05) is 24.6 Å². The monoisotopic (exact) mass is 273 g/mol. The van der Waals surface area contributed by atoms with Gasteiger partial charge in [-0.2, -0.15) is 0 Å². The van der Waals surface area contributed by atoms with E-state index >= 15 is 0 Å². The number of ether oxygens (including phenoxy) is 1. The van der Waals surface area contributed by atoms with Gasteiger partial charge < -0.3 is 10.1 Å². The van der Waals surface area contributed by atoms with Gasteiger partial charge in [-0.25, -0.2) is 4.98 Å². The first kappa shape index (κ1) is 14.4. The van der Waals surface area contributed by atoms with E-state index in [9.17, 15) is 0 Å². The molecule has 1 aromatic heterocycles. The second-order valence-electron chi connectivity index (χ2n) is 5.56. The van der Waals surface area contributed by atoms with Crippen molar-refractivity contribution in [2.24, 2.45) is 5.92 Å². The molecule has 0 aliphatic heterocycles. The maximum atomic E-state index is 5.66. The van der Waals surface area contributed by atoms with Gasteiger partial charge in [0.05, 0.1) is 6.10 Å². The molecular weight excluding hydrogens is 250 g/mol. The molecule has 4 nitrogen and oxygen atoms in total. The van der Waals surface area contributed by atoms with E-state index in [1.54, 1.807) is 6.20 Å². The van der Waals surface area contributed by atoms with Crippen molar-refractivity contribution in [2.75, 3.05) is 11.9 Å². The lowest BCUT2D eigenvalue weighted by molar-refractivity contribution is 0.242. The zero-order valence-electron chi connectivity index (χ0n) is 12.6. The zero-order valence-corrected chi connectivity index (χ0v) is 12.6. The van der Waals surface area contributed by atoms with Gasteiger partial charge in [0.1, 0.15) is 5.75 Å². The normalized spacial score (nSPS) is 11.1. The number of nitrogens with one attached hydrogen (secondary N) is 1. The summed E-state index contributed by atoms with van der Waals surface area (Å²) in [6.07, 6.45) is 3.96. The molecule has 0 aliphatic carbocycles. The number of hydrogen-bond acceptors (Lipinski definition) is 3. The fraction of sp³-hybridized carbons (Fsp3) is 0.438. The van der Waals surface area contributed by atoms with Crippen LogP contribution in [0.4, 0.5) is 5.95 Å². The average Bonchev–Trinajstić information content (AvgIpc) is 2.85. The van der Waals surface area contributed by atoms with Crippen molar-refractivity contribution in [3.05, 3.63) is 36.7 Å². The predicted molar refractivity (Wildman–Crippen MR) is 82.7 cm³/mol. The number of benzene rings is 1. The van der Waals surface area contributed by atoms with Gasteiger partial charge in [-0.05, 0) is 44.0 Å². The van der Waals surface area contributed by atoms with Gasteiger partial charge in [-0.15, -0.1) is 0 Å². The lowest BCUT2D eigenvalue weighted by Crippen LogP contribution is -2.12. The van der Waals surface area contributed by atoms with Crippen molar-refractivity contribution in [2.45, 2.75) is 33.8 Å². The SMILES string of the molecule is CC(C)CNc1nccn1-c1ccc(OC(C)C)cc1. The summed E-state index contributed by atoms with van der Waals surface area (Å²) in [4.78, 5) is 4.36. The van der Waals surface area contributed by atoms with Gasteiger partial charge in [-0.1, -0.05) is 13.8 Å². The van der Waals surface area contributed by atoms with Crippen LogP contribution in [0.15, 0.2) is 36.7 Å². The van der Waals surface area contributed by atoms with Crippen LogP contribution in [0.1, 0.15) is 27.7 Å². The Hall–Kier alpha value is -1.97. The highest BCUT2D eigenvalue weighted by atomic mass is 16.5. The molecule has 0 saturated heterocycles. The molecule has 0 radical (unpaired) electrons. The van der Waals surface area contributed by atoms with E-state index in [2.05, 4.69) is 24.1 Å². The lowest BCUT2D eigenvalue weighted by Gasteiger charge is -2.13. The molecule has 0 atom stereocenters. The van der Waals surface area contributed by atoms with Crippen LogP contribution in [0.25, 0.3) is 5.69 Å². The molecule has 1 heterocycles. The standard InChI is InChI=1S/C16H23N3O/c1-12(2)11-18-16-17-9-10-19(16)14-5-7-15(8-6-14)20-13(3)4/h5-10,12-13H,11H2,1-4H3,(H,17,18). The van der Waals surface area contributed by atoms with Gasteiger partial charge in [0.2, 0.25) is 5.95 Å². The van der Waals surface area contributed by atoms with Crippen LogP contribution < -0.4 is 10.1 Å². The Labute approximate surface area is 120 Å². The van der Waals surface area contributed by atoms with E-state index in [1.165, 1.54) is 0 Å². The van der Waals surface area contributed by atoms with Crippen LogP contribution in [0.5, 0.6) is 5.75 Å². The zero-order chi connectivity index (χ0) is 14.5. The third-order valence-electron chi connectivity index (χ3n) is 2.80. The summed E-state index contributed by atoms with van der Waals surface area (Å²) >= 11 is 0. The number of anilines is 1. The van der Waals surface area contributed by atoms with Gasteiger partial charge >= 0.3 is 0 Å². The summed E-state index contributed by atoms with van der Waals surface area (Å²) in [6, 6.07) is 8.06. The molecule has 108 valence electrons. The topological polar surface area (TPSA) is 39.1 Å². The molecule has 2 aromatic rings. The molecule has 0 amide bonds. The minimum atomic E-state index is 0.192. The van der Waals surface area contributed by atoms with Crippen LogP contribution in [0.3, 0.4) is 0 Å². The second kappa shape index (κ2) is 6.46. The molecular formula is C16H23N3O. The molecule has 1 aromatic carbocycles. The summed E-state index contributed by atoms with van der Waals surface area (Å²) in [5, 5.41) is 3.36. The molecule has 0 spiro atoms. The minimum absolute atomic E-state index is 0.192. The van der Waals surface area contributed by atoms with Crippen molar-refractivity contribution < 1.29 is 4.74 Å². The van der Waals surface area contributed by atoms with E-state index in [1.807, 2.05) is 48.9 Å². The second-order valence-corrected chi connectivity index (χ2v) is 5.56. The molecule has 2 rings (SSSR count). The lowest BCUT2D eigenvalue weighted by atomic mass is 10.2. The number of hydrogen-bond donors (Lipinski definition) is 1. The summed E-state index contributed by atoms with van der Waals surface area (Å²) in [7, 11) is 0.